The lowest BCUT2D eigenvalue weighted by atomic mass is 10.2. The van der Waals surface area contributed by atoms with Gasteiger partial charge in [0.2, 0.25) is 0 Å². The Hall–Kier alpha value is -3.69. The van der Waals surface area contributed by atoms with Gasteiger partial charge in [-0.2, -0.15) is 9.61 Å². The first-order chi connectivity index (χ1) is 15.2. The van der Waals surface area contributed by atoms with Crippen molar-refractivity contribution in [2.75, 3.05) is 36.2 Å². The van der Waals surface area contributed by atoms with Crippen molar-refractivity contribution in [1.82, 2.24) is 19.9 Å². The number of fused-ring (bicyclic) bond motifs is 2. The highest BCUT2D eigenvalue weighted by Gasteiger charge is 2.20. The van der Waals surface area contributed by atoms with Crippen molar-refractivity contribution in [3.8, 4) is 11.5 Å². The number of nitrogens with zero attached hydrogens (tertiary/aromatic N) is 3. The molecular weight excluding hydrogens is 398 g/mol. The van der Waals surface area contributed by atoms with E-state index in [1.165, 1.54) is 0 Å². The zero-order chi connectivity index (χ0) is 21.2. The molecule has 5 rings (SSSR count). The molecule has 0 saturated heterocycles. The normalized spacial score (nSPS) is 15.6. The summed E-state index contributed by atoms with van der Waals surface area (Å²) in [6, 6.07) is 7.50. The summed E-state index contributed by atoms with van der Waals surface area (Å²) in [5.74, 6) is 2.66. The van der Waals surface area contributed by atoms with E-state index in [2.05, 4.69) is 31.3 Å². The smallest absolute Gasteiger partial charge is 0.319 e. The molecule has 1 aliphatic carbocycles. The van der Waals surface area contributed by atoms with Gasteiger partial charge in [0.05, 0.1) is 11.9 Å². The molecule has 2 amide bonds. The van der Waals surface area contributed by atoms with Crippen LogP contribution in [0.3, 0.4) is 0 Å². The summed E-state index contributed by atoms with van der Waals surface area (Å²) in [5.41, 5.74) is 1.81. The van der Waals surface area contributed by atoms with Crippen LogP contribution in [0, 0.1) is 0 Å². The van der Waals surface area contributed by atoms with E-state index in [9.17, 15) is 4.79 Å². The van der Waals surface area contributed by atoms with Crippen LogP contribution in [-0.4, -0.2) is 46.9 Å². The van der Waals surface area contributed by atoms with Crippen molar-refractivity contribution >= 4 is 34.7 Å². The van der Waals surface area contributed by atoms with E-state index in [-0.39, 0.29) is 12.1 Å². The number of ether oxygens (including phenoxy) is 2. The van der Waals surface area contributed by atoms with Gasteiger partial charge in [0.25, 0.3) is 0 Å². The van der Waals surface area contributed by atoms with E-state index < -0.39 is 0 Å². The zero-order valence-electron chi connectivity index (χ0n) is 17.3. The summed E-state index contributed by atoms with van der Waals surface area (Å²) in [7, 11) is 1.81. The van der Waals surface area contributed by atoms with Gasteiger partial charge in [-0.25, -0.2) is 9.78 Å². The fourth-order valence-corrected chi connectivity index (χ4v) is 4.02. The van der Waals surface area contributed by atoms with Crippen LogP contribution >= 0.6 is 0 Å². The third-order valence-corrected chi connectivity index (χ3v) is 5.50. The maximum Gasteiger partial charge on any atom is 0.319 e. The summed E-state index contributed by atoms with van der Waals surface area (Å²) in [6.45, 7) is 1.02. The summed E-state index contributed by atoms with van der Waals surface area (Å²) in [6.07, 6.45) is 5.95. The van der Waals surface area contributed by atoms with E-state index in [4.69, 9.17) is 9.47 Å². The standard InChI is InChI=1S/C21H25N7O3/c1-22-18-11-17(25-14-7-4-8-16-19(14)31-10-9-30-16)27-20-15(12-23-28(18)20)26-21(29)24-13-5-2-3-6-13/h4,7-8,11-13,22H,2-3,5-6,9-10H2,1H3,(H,25,27)(H2,24,26,29). The Balaban J connectivity index is 1.43. The molecule has 0 unspecified atom stereocenters. The molecule has 4 N–H and O–H groups in total. The van der Waals surface area contributed by atoms with Crippen LogP contribution in [0.1, 0.15) is 25.7 Å². The van der Waals surface area contributed by atoms with Crippen LogP contribution in [0.5, 0.6) is 11.5 Å². The molecule has 2 aliphatic rings. The number of hydrogen-bond acceptors (Lipinski definition) is 7. The minimum atomic E-state index is -0.240. The Bertz CT molecular complexity index is 1110. The maximum absolute atomic E-state index is 12.5. The number of benzene rings is 1. The molecule has 1 saturated carbocycles. The van der Waals surface area contributed by atoms with Gasteiger partial charge in [0, 0.05) is 19.2 Å². The Labute approximate surface area is 179 Å². The first-order valence-electron chi connectivity index (χ1n) is 10.5. The molecule has 1 fully saturated rings. The largest absolute Gasteiger partial charge is 0.486 e. The van der Waals surface area contributed by atoms with Gasteiger partial charge in [-0.1, -0.05) is 18.9 Å². The highest BCUT2D eigenvalue weighted by molar-refractivity contribution is 5.93. The maximum atomic E-state index is 12.5. The van der Waals surface area contributed by atoms with E-state index in [0.717, 1.165) is 37.2 Å². The predicted molar refractivity (Wildman–Crippen MR) is 118 cm³/mol. The van der Waals surface area contributed by atoms with Gasteiger partial charge < -0.3 is 30.7 Å². The molecule has 3 heterocycles. The quantitative estimate of drug-likeness (QED) is 0.498. The molecule has 1 aromatic carbocycles. The molecule has 2 aromatic heterocycles. The SMILES string of the molecule is CNc1cc(Nc2cccc3c2OCCO3)nc2c(NC(=O)NC3CCCC3)cnn12. The first kappa shape index (κ1) is 19.3. The van der Waals surface area contributed by atoms with Crippen molar-refractivity contribution in [3.63, 3.8) is 0 Å². The topological polar surface area (TPSA) is 114 Å². The Morgan fingerprint density at radius 3 is 2.84 bits per heavy atom. The average Bonchev–Trinajstić information content (AvgIpc) is 3.44. The molecule has 162 valence electrons. The van der Waals surface area contributed by atoms with E-state index >= 15 is 0 Å². The second kappa shape index (κ2) is 8.21. The van der Waals surface area contributed by atoms with Gasteiger partial charge in [-0.3, -0.25) is 0 Å². The number of nitrogens with one attached hydrogen (secondary N) is 4. The molecule has 3 aromatic rings. The molecular formula is C21H25N7O3. The number of para-hydroxylation sites is 1. The average molecular weight is 423 g/mol. The third kappa shape index (κ3) is 3.88. The van der Waals surface area contributed by atoms with Crippen molar-refractivity contribution < 1.29 is 14.3 Å². The lowest BCUT2D eigenvalue weighted by Gasteiger charge is -2.21. The van der Waals surface area contributed by atoms with Gasteiger partial charge in [0.1, 0.15) is 30.5 Å². The fourth-order valence-electron chi connectivity index (χ4n) is 4.02. The molecule has 31 heavy (non-hydrogen) atoms. The molecule has 10 heteroatoms. The van der Waals surface area contributed by atoms with Crippen molar-refractivity contribution in [1.29, 1.82) is 0 Å². The first-order valence-corrected chi connectivity index (χ1v) is 10.5. The van der Waals surface area contributed by atoms with Crippen LogP contribution in [0.2, 0.25) is 0 Å². The lowest BCUT2D eigenvalue weighted by molar-refractivity contribution is 0.172. The predicted octanol–water partition coefficient (Wildman–Crippen LogP) is 3.35. The van der Waals surface area contributed by atoms with Crippen molar-refractivity contribution in [3.05, 3.63) is 30.5 Å². The van der Waals surface area contributed by atoms with Crippen LogP contribution in [0.25, 0.3) is 5.65 Å². The van der Waals surface area contributed by atoms with Gasteiger partial charge in [-0.15, -0.1) is 0 Å². The molecule has 1 aliphatic heterocycles. The van der Waals surface area contributed by atoms with Crippen LogP contribution in [0.4, 0.5) is 27.8 Å². The minimum absolute atomic E-state index is 0.228. The molecule has 0 radical (unpaired) electrons. The molecule has 0 bridgehead atoms. The minimum Gasteiger partial charge on any atom is -0.486 e. The van der Waals surface area contributed by atoms with Crippen LogP contribution in [0.15, 0.2) is 30.5 Å². The van der Waals surface area contributed by atoms with Crippen molar-refractivity contribution in [2.45, 2.75) is 31.7 Å². The van der Waals surface area contributed by atoms with E-state index in [1.807, 2.05) is 31.3 Å². The summed E-state index contributed by atoms with van der Waals surface area (Å²) >= 11 is 0. The highest BCUT2D eigenvalue weighted by Crippen LogP contribution is 2.38. The van der Waals surface area contributed by atoms with Crippen LogP contribution < -0.4 is 30.7 Å². The second-order valence-corrected chi connectivity index (χ2v) is 7.60. The van der Waals surface area contributed by atoms with Gasteiger partial charge in [0.15, 0.2) is 17.1 Å². The Morgan fingerprint density at radius 2 is 2.00 bits per heavy atom. The molecule has 0 spiro atoms. The van der Waals surface area contributed by atoms with Crippen LogP contribution in [-0.2, 0) is 0 Å². The number of anilines is 4. The van der Waals surface area contributed by atoms with Crippen molar-refractivity contribution in [2.24, 2.45) is 0 Å². The van der Waals surface area contributed by atoms with Gasteiger partial charge in [-0.05, 0) is 25.0 Å². The summed E-state index contributed by atoms with van der Waals surface area (Å²) in [4.78, 5) is 17.1. The number of carbonyl (C=O) groups excluding carboxylic acids is 1. The molecule has 10 nitrogen and oxygen atoms in total. The summed E-state index contributed by atoms with van der Waals surface area (Å²) in [5, 5.41) is 16.7. The van der Waals surface area contributed by atoms with E-state index in [0.29, 0.717) is 41.9 Å². The number of amides is 2. The number of carbonyl (C=O) groups is 1. The molecule has 0 atom stereocenters. The fraction of sp³-hybridized carbons (Fsp3) is 0.381. The monoisotopic (exact) mass is 423 g/mol. The number of rotatable bonds is 5. The number of urea groups is 1. The highest BCUT2D eigenvalue weighted by atomic mass is 16.6. The lowest BCUT2D eigenvalue weighted by Crippen LogP contribution is -2.36. The van der Waals surface area contributed by atoms with E-state index in [1.54, 1.807) is 10.7 Å². The number of hydrogen-bond donors (Lipinski definition) is 4. The Morgan fingerprint density at radius 1 is 1.16 bits per heavy atom. The number of aromatic nitrogens is 3. The summed E-state index contributed by atoms with van der Waals surface area (Å²) < 4.78 is 13.1. The second-order valence-electron chi connectivity index (χ2n) is 7.60. The third-order valence-electron chi connectivity index (χ3n) is 5.50. The Kier molecular flexibility index (Phi) is 5.11. The zero-order valence-corrected chi connectivity index (χ0v) is 17.3. The van der Waals surface area contributed by atoms with Gasteiger partial charge >= 0.3 is 6.03 Å².